The van der Waals surface area contributed by atoms with Gasteiger partial charge in [0.15, 0.2) is 0 Å². The number of benzene rings is 1. The van der Waals surface area contributed by atoms with Crippen molar-refractivity contribution in [3.05, 3.63) is 46.0 Å². The van der Waals surface area contributed by atoms with Crippen LogP contribution in [0.1, 0.15) is 47.4 Å². The molecule has 112 valence electrons. The maximum atomic E-state index is 12.9. The maximum Gasteiger partial charge on any atom is 0.211 e. The normalized spacial score (nSPS) is 14.4. The summed E-state index contributed by atoms with van der Waals surface area (Å²) < 4.78 is 0. The van der Waals surface area contributed by atoms with Crippen LogP contribution in [0.15, 0.2) is 34.9 Å². The first kappa shape index (κ1) is 15.8. The molecule has 0 saturated carbocycles. The lowest BCUT2D eigenvalue weighted by atomic mass is 9.91. The van der Waals surface area contributed by atoms with Crippen molar-refractivity contribution < 1.29 is 9.59 Å². The first-order valence-corrected chi connectivity index (χ1v) is 8.59. The van der Waals surface area contributed by atoms with Crippen molar-refractivity contribution in [1.29, 1.82) is 0 Å². The van der Waals surface area contributed by atoms with Crippen LogP contribution in [-0.4, -0.2) is 35.8 Å². The molecule has 1 aliphatic rings. The highest BCUT2D eigenvalue weighted by atomic mass is 32.2. The molecule has 0 amide bonds. The number of ketones is 2. The van der Waals surface area contributed by atoms with Gasteiger partial charge in [-0.15, -0.1) is 11.8 Å². The van der Waals surface area contributed by atoms with E-state index in [-0.39, 0.29) is 11.6 Å². The quantitative estimate of drug-likeness (QED) is 0.802. The minimum atomic E-state index is -0.0232. The number of allylic oxidation sites excluding steroid dienone is 2. The van der Waals surface area contributed by atoms with Gasteiger partial charge in [-0.3, -0.25) is 9.59 Å². The number of fused-ring (bicyclic) bond motifs is 1. The highest BCUT2D eigenvalue weighted by Gasteiger charge is 2.34. The van der Waals surface area contributed by atoms with E-state index in [1.807, 2.05) is 18.4 Å². The molecule has 0 heterocycles. The van der Waals surface area contributed by atoms with Crippen LogP contribution in [-0.2, 0) is 0 Å². The van der Waals surface area contributed by atoms with Gasteiger partial charge in [0, 0.05) is 24.2 Å². The van der Waals surface area contributed by atoms with E-state index in [9.17, 15) is 9.59 Å². The van der Waals surface area contributed by atoms with Crippen LogP contribution in [0, 0.1) is 0 Å². The van der Waals surface area contributed by atoms with Gasteiger partial charge in [-0.2, -0.15) is 0 Å². The molecule has 0 fully saturated rings. The summed E-state index contributed by atoms with van der Waals surface area (Å²) in [5.74, 6) is -0.0404. The molecule has 0 spiro atoms. The van der Waals surface area contributed by atoms with Crippen LogP contribution >= 0.6 is 11.8 Å². The molecule has 0 aliphatic heterocycles. The second kappa shape index (κ2) is 6.94. The predicted molar refractivity (Wildman–Crippen MR) is 87.8 cm³/mol. The van der Waals surface area contributed by atoms with Crippen molar-refractivity contribution in [3.63, 3.8) is 0 Å². The summed E-state index contributed by atoms with van der Waals surface area (Å²) in [7, 11) is 0. The molecule has 0 bridgehead atoms. The van der Waals surface area contributed by atoms with Crippen molar-refractivity contribution in [2.75, 3.05) is 19.3 Å². The second-order valence-corrected chi connectivity index (χ2v) is 5.89. The van der Waals surface area contributed by atoms with E-state index in [2.05, 4.69) is 18.7 Å². The Labute approximate surface area is 130 Å². The summed E-state index contributed by atoms with van der Waals surface area (Å²) >= 11 is 1.38. The van der Waals surface area contributed by atoms with Crippen LogP contribution in [0.2, 0.25) is 0 Å². The van der Waals surface area contributed by atoms with Gasteiger partial charge in [-0.1, -0.05) is 38.1 Å². The zero-order valence-corrected chi connectivity index (χ0v) is 13.6. The fourth-order valence-electron chi connectivity index (χ4n) is 2.69. The molecule has 21 heavy (non-hydrogen) atoms. The topological polar surface area (TPSA) is 37.4 Å². The Morgan fingerprint density at radius 1 is 0.952 bits per heavy atom. The van der Waals surface area contributed by atoms with Crippen LogP contribution in [0.25, 0.3) is 0 Å². The third kappa shape index (κ3) is 2.91. The molecular formula is C17H21NO2S. The molecule has 2 rings (SSSR count). The third-order valence-corrected chi connectivity index (χ3v) is 4.35. The number of nitrogens with zero attached hydrogens (tertiary/aromatic N) is 1. The predicted octanol–water partition coefficient (Wildman–Crippen LogP) is 3.76. The molecule has 0 N–H and O–H groups in total. The average Bonchev–Trinajstić information content (AvgIpc) is 2.50. The SMILES string of the molecule is CCCN(CCC)C1=C(SC)C(=O)c2ccccc2C1=O. The summed E-state index contributed by atoms with van der Waals surface area (Å²) in [6.45, 7) is 5.78. The molecule has 1 aromatic carbocycles. The molecule has 1 aliphatic carbocycles. The number of carbonyl (C=O) groups is 2. The fraction of sp³-hybridized carbons (Fsp3) is 0.412. The van der Waals surface area contributed by atoms with Crippen molar-refractivity contribution in [2.24, 2.45) is 0 Å². The Balaban J connectivity index is 2.55. The van der Waals surface area contributed by atoms with E-state index in [0.29, 0.717) is 21.7 Å². The summed E-state index contributed by atoms with van der Waals surface area (Å²) in [4.78, 5) is 28.2. The Morgan fingerprint density at radius 3 is 1.95 bits per heavy atom. The van der Waals surface area contributed by atoms with Crippen LogP contribution in [0.3, 0.4) is 0 Å². The van der Waals surface area contributed by atoms with Crippen LogP contribution in [0.4, 0.5) is 0 Å². The smallest absolute Gasteiger partial charge is 0.211 e. The van der Waals surface area contributed by atoms with Crippen molar-refractivity contribution in [2.45, 2.75) is 26.7 Å². The minimum Gasteiger partial charge on any atom is -0.367 e. The number of thioether (sulfide) groups is 1. The third-order valence-electron chi connectivity index (χ3n) is 3.56. The summed E-state index contributed by atoms with van der Waals surface area (Å²) in [6, 6.07) is 7.12. The van der Waals surface area contributed by atoms with Gasteiger partial charge < -0.3 is 4.90 Å². The number of Topliss-reactive ketones (excluding diaryl/α,β-unsaturated/α-hetero) is 2. The van der Waals surface area contributed by atoms with E-state index >= 15 is 0 Å². The average molecular weight is 303 g/mol. The Kier molecular flexibility index (Phi) is 5.23. The number of carbonyl (C=O) groups excluding carboxylic acids is 2. The van der Waals surface area contributed by atoms with E-state index in [4.69, 9.17) is 0 Å². The first-order valence-electron chi connectivity index (χ1n) is 7.37. The molecular weight excluding hydrogens is 282 g/mol. The largest absolute Gasteiger partial charge is 0.367 e. The summed E-state index contributed by atoms with van der Waals surface area (Å²) in [5.41, 5.74) is 1.66. The van der Waals surface area contributed by atoms with Crippen molar-refractivity contribution in [3.8, 4) is 0 Å². The Bertz CT molecular complexity index is 586. The van der Waals surface area contributed by atoms with Gasteiger partial charge >= 0.3 is 0 Å². The number of hydrogen-bond donors (Lipinski definition) is 0. The minimum absolute atomic E-state index is 0.0172. The van der Waals surface area contributed by atoms with E-state index < -0.39 is 0 Å². The standard InChI is InChI=1S/C17H21NO2S/c1-4-10-18(11-5-2)14-15(19)12-8-6-7-9-13(12)16(20)17(14)21-3/h6-9H,4-5,10-11H2,1-3H3. The molecule has 3 nitrogen and oxygen atoms in total. The highest BCUT2D eigenvalue weighted by Crippen LogP contribution is 2.33. The first-order chi connectivity index (χ1) is 10.2. The zero-order chi connectivity index (χ0) is 15.4. The lowest BCUT2D eigenvalue weighted by Crippen LogP contribution is -2.34. The van der Waals surface area contributed by atoms with Gasteiger partial charge in [0.2, 0.25) is 11.6 Å². The molecule has 0 saturated heterocycles. The van der Waals surface area contributed by atoms with Crippen molar-refractivity contribution in [1.82, 2.24) is 4.90 Å². The molecule has 1 aromatic rings. The van der Waals surface area contributed by atoms with E-state index in [1.54, 1.807) is 12.1 Å². The monoisotopic (exact) mass is 303 g/mol. The van der Waals surface area contributed by atoms with E-state index in [1.165, 1.54) is 11.8 Å². The maximum absolute atomic E-state index is 12.9. The van der Waals surface area contributed by atoms with Gasteiger partial charge in [-0.25, -0.2) is 0 Å². The second-order valence-electron chi connectivity index (χ2n) is 5.07. The molecule has 0 radical (unpaired) electrons. The summed E-state index contributed by atoms with van der Waals surface area (Å²) in [6.07, 6.45) is 3.77. The van der Waals surface area contributed by atoms with E-state index in [0.717, 1.165) is 25.9 Å². The summed E-state index contributed by atoms with van der Waals surface area (Å²) in [5, 5.41) is 0. The number of hydrogen-bond acceptors (Lipinski definition) is 4. The lowest BCUT2D eigenvalue weighted by Gasteiger charge is -2.30. The Morgan fingerprint density at radius 2 is 1.48 bits per heavy atom. The molecule has 0 unspecified atom stereocenters. The van der Waals surface area contributed by atoms with Gasteiger partial charge in [0.05, 0.1) is 4.91 Å². The van der Waals surface area contributed by atoms with Crippen molar-refractivity contribution >= 4 is 23.3 Å². The van der Waals surface area contributed by atoms with Crippen LogP contribution < -0.4 is 0 Å². The van der Waals surface area contributed by atoms with Gasteiger partial charge in [0.25, 0.3) is 0 Å². The fourth-order valence-corrected chi connectivity index (χ4v) is 3.40. The van der Waals surface area contributed by atoms with Gasteiger partial charge in [-0.05, 0) is 19.1 Å². The molecule has 4 heteroatoms. The molecule has 0 atom stereocenters. The Hall–Kier alpha value is -1.55. The number of rotatable bonds is 6. The highest BCUT2D eigenvalue weighted by molar-refractivity contribution is 8.03. The van der Waals surface area contributed by atoms with Gasteiger partial charge in [0.1, 0.15) is 5.70 Å². The molecule has 0 aromatic heterocycles. The zero-order valence-electron chi connectivity index (χ0n) is 12.8. The van der Waals surface area contributed by atoms with Crippen LogP contribution in [0.5, 0.6) is 0 Å². The lowest BCUT2D eigenvalue weighted by molar-refractivity contribution is 0.0947.